The van der Waals surface area contributed by atoms with Crippen molar-refractivity contribution in [2.45, 2.75) is 28.8 Å². The van der Waals surface area contributed by atoms with Crippen molar-refractivity contribution in [3.05, 3.63) is 90.1 Å². The number of carbonyl (C=O) groups excluding carboxylic acids is 1. The summed E-state index contributed by atoms with van der Waals surface area (Å²) in [6, 6.07) is 24.0. The van der Waals surface area contributed by atoms with Crippen LogP contribution < -0.4 is 0 Å². The molecule has 26 heavy (non-hydrogen) atoms. The number of amides is 1. The van der Waals surface area contributed by atoms with Gasteiger partial charge in [-0.3, -0.25) is 4.79 Å². The maximum atomic E-state index is 12.8. The topological polar surface area (TPSA) is 33.2 Å². The SMILES string of the molecule is O=C(c1ccccc1)N1CCC[C@H]1c1ccc(Sc2ccccc2)nc1. The first-order chi connectivity index (χ1) is 12.8. The lowest BCUT2D eigenvalue weighted by Crippen LogP contribution is -2.30. The molecule has 2 aromatic carbocycles. The van der Waals surface area contributed by atoms with Crippen molar-refractivity contribution in [1.29, 1.82) is 0 Å². The third-order valence-corrected chi connectivity index (χ3v) is 5.60. The van der Waals surface area contributed by atoms with Crippen molar-refractivity contribution in [1.82, 2.24) is 9.88 Å². The maximum absolute atomic E-state index is 12.8. The summed E-state index contributed by atoms with van der Waals surface area (Å²) in [4.78, 5) is 20.6. The molecule has 2 heterocycles. The normalized spacial score (nSPS) is 16.6. The van der Waals surface area contributed by atoms with E-state index in [1.54, 1.807) is 11.8 Å². The van der Waals surface area contributed by atoms with E-state index in [1.807, 2.05) is 59.6 Å². The minimum Gasteiger partial charge on any atom is -0.332 e. The maximum Gasteiger partial charge on any atom is 0.254 e. The Hall–Kier alpha value is -2.59. The molecular formula is C22H20N2OS. The Kier molecular flexibility index (Phi) is 5.02. The van der Waals surface area contributed by atoms with E-state index in [2.05, 4.69) is 29.2 Å². The zero-order chi connectivity index (χ0) is 17.8. The average Bonchev–Trinajstić information content (AvgIpc) is 3.19. The highest BCUT2D eigenvalue weighted by molar-refractivity contribution is 7.99. The van der Waals surface area contributed by atoms with E-state index in [1.165, 1.54) is 4.90 Å². The molecule has 0 spiro atoms. The summed E-state index contributed by atoms with van der Waals surface area (Å²) in [6.07, 6.45) is 3.95. The number of rotatable bonds is 4. The number of benzene rings is 2. The van der Waals surface area contributed by atoms with Crippen LogP contribution in [0.4, 0.5) is 0 Å². The molecule has 0 bridgehead atoms. The first-order valence-corrected chi connectivity index (χ1v) is 9.68. The standard InChI is InChI=1S/C22H20N2OS/c25-22(17-8-3-1-4-9-17)24-15-7-12-20(24)18-13-14-21(23-16-18)26-19-10-5-2-6-11-19/h1-6,8-11,13-14,16,20H,7,12,15H2/t20-/m0/s1. The van der Waals surface area contributed by atoms with E-state index < -0.39 is 0 Å². The lowest BCUT2D eigenvalue weighted by molar-refractivity contribution is 0.0735. The second-order valence-electron chi connectivity index (χ2n) is 6.37. The fourth-order valence-corrected chi connectivity index (χ4v) is 4.14. The van der Waals surface area contributed by atoms with Crippen molar-refractivity contribution < 1.29 is 4.79 Å². The van der Waals surface area contributed by atoms with Crippen LogP contribution >= 0.6 is 11.8 Å². The first-order valence-electron chi connectivity index (χ1n) is 8.86. The average molecular weight is 360 g/mol. The Morgan fingerprint density at radius 1 is 0.962 bits per heavy atom. The van der Waals surface area contributed by atoms with Crippen LogP contribution in [-0.2, 0) is 0 Å². The van der Waals surface area contributed by atoms with Crippen LogP contribution in [-0.4, -0.2) is 22.3 Å². The summed E-state index contributed by atoms with van der Waals surface area (Å²) in [5.74, 6) is 0.107. The molecule has 1 atom stereocenters. The minimum atomic E-state index is 0.107. The summed E-state index contributed by atoms with van der Waals surface area (Å²) < 4.78 is 0. The van der Waals surface area contributed by atoms with Gasteiger partial charge in [-0.25, -0.2) is 4.98 Å². The molecule has 1 aliphatic rings. The van der Waals surface area contributed by atoms with Crippen LogP contribution in [0.3, 0.4) is 0 Å². The van der Waals surface area contributed by atoms with Crippen LogP contribution in [0.1, 0.15) is 34.8 Å². The molecule has 0 unspecified atom stereocenters. The molecule has 1 saturated heterocycles. The van der Waals surface area contributed by atoms with E-state index in [4.69, 9.17) is 0 Å². The number of aromatic nitrogens is 1. The van der Waals surface area contributed by atoms with Gasteiger partial charge in [0.25, 0.3) is 5.91 Å². The van der Waals surface area contributed by atoms with Gasteiger partial charge in [-0.2, -0.15) is 0 Å². The van der Waals surface area contributed by atoms with Crippen LogP contribution in [0.5, 0.6) is 0 Å². The number of hydrogen-bond acceptors (Lipinski definition) is 3. The molecule has 0 saturated carbocycles. The predicted octanol–water partition coefficient (Wildman–Crippen LogP) is 5.21. The predicted molar refractivity (Wildman–Crippen MR) is 104 cm³/mol. The summed E-state index contributed by atoms with van der Waals surface area (Å²) in [7, 11) is 0. The molecule has 1 fully saturated rings. The molecular weight excluding hydrogens is 340 g/mol. The number of carbonyl (C=O) groups is 1. The molecule has 0 radical (unpaired) electrons. The Morgan fingerprint density at radius 2 is 1.69 bits per heavy atom. The van der Waals surface area contributed by atoms with Gasteiger partial charge in [0.05, 0.1) is 6.04 Å². The summed E-state index contributed by atoms with van der Waals surface area (Å²) in [6.45, 7) is 0.804. The molecule has 1 aromatic heterocycles. The zero-order valence-electron chi connectivity index (χ0n) is 14.4. The lowest BCUT2D eigenvalue weighted by atomic mass is 10.1. The van der Waals surface area contributed by atoms with Crippen molar-refractivity contribution >= 4 is 17.7 Å². The highest BCUT2D eigenvalue weighted by atomic mass is 32.2. The molecule has 3 aromatic rings. The van der Waals surface area contributed by atoms with Crippen LogP contribution in [0.15, 0.2) is 88.9 Å². The molecule has 130 valence electrons. The Balaban J connectivity index is 1.50. The minimum absolute atomic E-state index is 0.107. The Labute approximate surface area is 158 Å². The monoisotopic (exact) mass is 360 g/mol. The zero-order valence-corrected chi connectivity index (χ0v) is 15.2. The molecule has 1 amide bonds. The van der Waals surface area contributed by atoms with Crippen molar-refractivity contribution in [3.8, 4) is 0 Å². The van der Waals surface area contributed by atoms with Gasteiger partial charge in [0.1, 0.15) is 5.03 Å². The van der Waals surface area contributed by atoms with E-state index in [0.29, 0.717) is 0 Å². The van der Waals surface area contributed by atoms with E-state index in [-0.39, 0.29) is 11.9 Å². The van der Waals surface area contributed by atoms with Gasteiger partial charge in [0.2, 0.25) is 0 Å². The number of nitrogens with zero attached hydrogens (tertiary/aromatic N) is 2. The second-order valence-corrected chi connectivity index (χ2v) is 7.46. The molecule has 0 N–H and O–H groups in total. The third-order valence-electron chi connectivity index (χ3n) is 4.64. The molecule has 3 nitrogen and oxygen atoms in total. The first kappa shape index (κ1) is 16.9. The van der Waals surface area contributed by atoms with Crippen LogP contribution in [0.2, 0.25) is 0 Å². The lowest BCUT2D eigenvalue weighted by Gasteiger charge is -2.25. The van der Waals surface area contributed by atoms with Crippen molar-refractivity contribution in [2.75, 3.05) is 6.54 Å². The van der Waals surface area contributed by atoms with Gasteiger partial charge in [0.15, 0.2) is 0 Å². The fraction of sp³-hybridized carbons (Fsp3) is 0.182. The summed E-state index contributed by atoms with van der Waals surface area (Å²) in [5, 5.41) is 0.971. The molecule has 1 aliphatic heterocycles. The van der Waals surface area contributed by atoms with E-state index >= 15 is 0 Å². The molecule has 0 aliphatic carbocycles. The van der Waals surface area contributed by atoms with Gasteiger partial charge >= 0.3 is 0 Å². The number of likely N-dealkylation sites (tertiary alicyclic amines) is 1. The Bertz CT molecular complexity index is 866. The fourth-order valence-electron chi connectivity index (χ4n) is 3.36. The third kappa shape index (κ3) is 3.65. The number of hydrogen-bond donors (Lipinski definition) is 0. The van der Waals surface area contributed by atoms with Gasteiger partial charge in [-0.15, -0.1) is 0 Å². The van der Waals surface area contributed by atoms with Gasteiger partial charge < -0.3 is 4.90 Å². The quantitative estimate of drug-likeness (QED) is 0.640. The van der Waals surface area contributed by atoms with E-state index in [0.717, 1.165) is 35.5 Å². The van der Waals surface area contributed by atoms with Gasteiger partial charge in [-0.1, -0.05) is 54.2 Å². The van der Waals surface area contributed by atoms with Crippen molar-refractivity contribution in [3.63, 3.8) is 0 Å². The summed E-state index contributed by atoms with van der Waals surface area (Å²) >= 11 is 1.65. The smallest absolute Gasteiger partial charge is 0.254 e. The van der Waals surface area contributed by atoms with Gasteiger partial charge in [-0.05, 0) is 48.7 Å². The van der Waals surface area contributed by atoms with Crippen molar-refractivity contribution in [2.24, 2.45) is 0 Å². The number of pyridine rings is 1. The van der Waals surface area contributed by atoms with E-state index in [9.17, 15) is 4.79 Å². The highest BCUT2D eigenvalue weighted by Gasteiger charge is 2.30. The van der Waals surface area contributed by atoms with Gasteiger partial charge in [0, 0.05) is 23.2 Å². The second kappa shape index (κ2) is 7.75. The molecule has 4 heteroatoms. The Morgan fingerprint density at radius 3 is 2.38 bits per heavy atom. The summed E-state index contributed by atoms with van der Waals surface area (Å²) in [5.41, 5.74) is 1.87. The van der Waals surface area contributed by atoms with Crippen LogP contribution in [0, 0.1) is 0 Å². The van der Waals surface area contributed by atoms with Crippen LogP contribution in [0.25, 0.3) is 0 Å². The highest BCUT2D eigenvalue weighted by Crippen LogP contribution is 2.34. The largest absolute Gasteiger partial charge is 0.332 e. The molecule has 4 rings (SSSR count).